The van der Waals surface area contributed by atoms with Gasteiger partial charge in [0.05, 0.1) is 22.1 Å². The van der Waals surface area contributed by atoms with E-state index in [4.69, 9.17) is 4.98 Å². The highest BCUT2D eigenvalue weighted by Crippen LogP contribution is 2.35. The van der Waals surface area contributed by atoms with Gasteiger partial charge in [0, 0.05) is 21.5 Å². The number of hydrogen-bond acceptors (Lipinski definition) is 1. The summed E-state index contributed by atoms with van der Waals surface area (Å²) in [5, 5.41) is 4.98. The Hall–Kier alpha value is -12.2. The molecule has 0 bridgehead atoms. The van der Waals surface area contributed by atoms with Crippen molar-refractivity contribution in [3.63, 3.8) is 0 Å². The molecule has 3 heterocycles. The van der Waals surface area contributed by atoms with Crippen LogP contribution in [0.3, 0.4) is 0 Å². The molecule has 0 atom stereocenters. The molecule has 111 heavy (non-hydrogen) atoms. The molecule has 0 saturated carbocycles. The normalized spacial score (nSPS) is 10.6. The second kappa shape index (κ2) is 39.3. The molecule has 0 unspecified atom stereocenters. The number of fused-ring (bicyclic) bond motifs is 6. The Balaban J connectivity index is 0.000000143. The van der Waals surface area contributed by atoms with Gasteiger partial charge in [0.15, 0.2) is 0 Å². The van der Waals surface area contributed by atoms with Crippen LogP contribution in [0.1, 0.15) is 118 Å². The van der Waals surface area contributed by atoms with Gasteiger partial charge in [0.25, 0.3) is 0 Å². The molecule has 0 radical (unpaired) electrons. The highest BCUT2D eigenvalue weighted by atomic mass is 15.1. The van der Waals surface area contributed by atoms with Gasteiger partial charge in [-0.1, -0.05) is 390 Å². The number of pyridine rings is 1. The third kappa shape index (κ3) is 22.7. The monoisotopic (exact) mass is 1450 g/mol. The van der Waals surface area contributed by atoms with Gasteiger partial charge in [-0.15, -0.1) is 0 Å². The van der Waals surface area contributed by atoms with E-state index >= 15 is 0 Å². The van der Waals surface area contributed by atoms with E-state index in [1.165, 1.54) is 155 Å². The predicted molar refractivity (Wildman–Crippen MR) is 484 cm³/mol. The van der Waals surface area contributed by atoms with Gasteiger partial charge in [-0.25, -0.2) is 4.98 Å². The zero-order valence-corrected chi connectivity index (χ0v) is 68.5. The summed E-state index contributed by atoms with van der Waals surface area (Å²) < 4.78 is 4.57. The third-order valence-electron chi connectivity index (χ3n) is 20.1. The maximum atomic E-state index is 5.24. The summed E-state index contributed by atoms with van der Waals surface area (Å²) in [5.41, 5.74) is 31.6. The van der Waals surface area contributed by atoms with Gasteiger partial charge in [0.1, 0.15) is 11.6 Å². The van der Waals surface area contributed by atoms with Crippen molar-refractivity contribution in [3.8, 4) is 45.0 Å². The maximum absolute atomic E-state index is 5.24. The number of hydrogen-bond donors (Lipinski definition) is 0. The Morgan fingerprint density at radius 1 is 0.234 bits per heavy atom. The van der Waals surface area contributed by atoms with E-state index < -0.39 is 0 Å². The van der Waals surface area contributed by atoms with Crippen molar-refractivity contribution in [2.75, 3.05) is 0 Å². The van der Waals surface area contributed by atoms with E-state index in [0.29, 0.717) is 5.92 Å². The van der Waals surface area contributed by atoms with E-state index in [1.807, 2.05) is 18.2 Å². The summed E-state index contributed by atoms with van der Waals surface area (Å²) in [6, 6.07) is 126. The molecular formula is C108H111N3. The smallest absolute Gasteiger partial charge is 0.140 e. The molecule has 3 aromatic heterocycles. The Morgan fingerprint density at radius 3 is 0.937 bits per heavy atom. The average molecular weight is 1450 g/mol. The zero-order valence-electron chi connectivity index (χ0n) is 68.5. The number of benzene rings is 14. The summed E-state index contributed by atoms with van der Waals surface area (Å²) in [6.07, 6.45) is 0. The lowest BCUT2D eigenvalue weighted by atomic mass is 9.87. The molecule has 0 saturated heterocycles. The third-order valence-corrected chi connectivity index (χ3v) is 20.1. The van der Waals surface area contributed by atoms with Crippen LogP contribution in [0.4, 0.5) is 0 Å². The highest BCUT2D eigenvalue weighted by Gasteiger charge is 2.18. The second-order valence-corrected chi connectivity index (χ2v) is 30.6. The van der Waals surface area contributed by atoms with Crippen LogP contribution in [-0.4, -0.2) is 14.1 Å². The molecule has 0 spiro atoms. The van der Waals surface area contributed by atoms with Crippen molar-refractivity contribution in [1.82, 2.24) is 14.1 Å². The highest BCUT2D eigenvalue weighted by molar-refractivity contribution is 6.10. The average Bonchev–Trinajstić information content (AvgIpc) is 1.59. The Bertz CT molecular complexity index is 5460. The quantitative estimate of drug-likeness (QED) is 0.163. The summed E-state index contributed by atoms with van der Waals surface area (Å²) in [5.74, 6) is 2.52. The summed E-state index contributed by atoms with van der Waals surface area (Å²) in [4.78, 5) is 5.24. The Labute approximate surface area is 663 Å². The topological polar surface area (TPSA) is 22.8 Å². The van der Waals surface area contributed by atoms with Gasteiger partial charge in [0.2, 0.25) is 0 Å². The lowest BCUT2D eigenvalue weighted by Crippen LogP contribution is -2.10. The van der Waals surface area contributed by atoms with Gasteiger partial charge >= 0.3 is 0 Å². The molecule has 14 aromatic carbocycles. The van der Waals surface area contributed by atoms with Gasteiger partial charge in [-0.05, 0) is 209 Å². The number of nitrogens with zero attached hydrogens (tertiary/aromatic N) is 3. The Morgan fingerprint density at radius 2 is 0.559 bits per heavy atom. The van der Waals surface area contributed by atoms with E-state index in [1.54, 1.807) is 0 Å². The number of aryl methyl sites for hydroxylation is 12. The molecule has 3 nitrogen and oxygen atoms in total. The lowest BCUT2D eigenvalue weighted by molar-refractivity contribution is 0.590. The van der Waals surface area contributed by atoms with Crippen molar-refractivity contribution in [2.24, 2.45) is 0 Å². The standard InChI is InChI=1S/C30H21N3.3C13H12.C11H16.C10H14.2C9H12/c1-20-18-29(32-25-14-6-2-10-21(25)22-11-3-7-15-26(22)32)31-30(19-20)33-27-16-8-4-12-23(27)24-13-5-9-17-28(24)33;1-11-7-5-6-10-13(11)12-8-3-2-4-9-12;1-11-6-5-9-13(10-11)12-7-3-2-4-8-12;1-11-7-9-13(10-8-11)12-5-3-2-4-6-12;1-9-5-7-10(8-6-9)11(2,3)4;1-8(2)10-6-4-9(3)5-7-10;2*1-7-4-5-8(2)9(3)6-7/h2-19H,1H3;3*2-10H,1H3;5-8H,1-4H3;4-8H,1-3H3;2*4-6H,1-3H3. The first-order valence-corrected chi connectivity index (χ1v) is 39.0. The first-order valence-electron chi connectivity index (χ1n) is 39.0. The second-order valence-electron chi connectivity index (χ2n) is 30.6. The zero-order chi connectivity index (χ0) is 79.0. The molecule has 0 aliphatic heterocycles. The predicted octanol–water partition coefficient (Wildman–Crippen LogP) is 30.2. The minimum absolute atomic E-state index is 0.285. The lowest BCUT2D eigenvalue weighted by Gasteiger charge is -2.18. The fourth-order valence-corrected chi connectivity index (χ4v) is 13.3. The molecule has 17 rings (SSSR count). The fraction of sp³-hybridized carbons (Fsp3) is 0.176. The molecule has 0 fully saturated rings. The molecule has 0 aliphatic rings. The number of rotatable bonds is 6. The van der Waals surface area contributed by atoms with E-state index in [-0.39, 0.29) is 5.41 Å². The van der Waals surface area contributed by atoms with E-state index in [0.717, 1.165) is 11.6 Å². The number of aromatic nitrogens is 3. The van der Waals surface area contributed by atoms with Gasteiger partial charge in [-0.2, -0.15) is 0 Å². The first kappa shape index (κ1) is 81.3. The van der Waals surface area contributed by atoms with Gasteiger partial charge < -0.3 is 0 Å². The van der Waals surface area contributed by atoms with Crippen LogP contribution in [0.5, 0.6) is 0 Å². The van der Waals surface area contributed by atoms with Crippen molar-refractivity contribution in [2.45, 2.75) is 129 Å². The largest absolute Gasteiger partial charge is 0.294 e. The number of para-hydroxylation sites is 4. The molecular weight excluding hydrogens is 1340 g/mol. The molecule has 3 heteroatoms. The van der Waals surface area contributed by atoms with Crippen molar-refractivity contribution >= 4 is 43.6 Å². The first-order chi connectivity index (χ1) is 53.5. The Kier molecular flexibility index (Phi) is 28.8. The fourth-order valence-electron chi connectivity index (χ4n) is 13.3. The SMILES string of the molecule is Cc1cc(-n2c3ccccc3c3ccccc32)nc(-n2c3ccccc3c3ccccc32)c1.Cc1ccc(-c2ccccc2)cc1.Cc1ccc(C(C)(C)C)cc1.Cc1ccc(C(C)C)cc1.Cc1ccc(C)c(C)c1.Cc1ccc(C)c(C)c1.Cc1cccc(-c2ccccc2)c1.Cc1ccccc1-c1ccccc1. The van der Waals surface area contributed by atoms with Crippen LogP contribution in [-0.2, 0) is 5.41 Å². The van der Waals surface area contributed by atoms with Gasteiger partial charge in [-0.3, -0.25) is 9.13 Å². The van der Waals surface area contributed by atoms with Crippen LogP contribution < -0.4 is 0 Å². The molecule has 0 amide bonds. The summed E-state index contributed by atoms with van der Waals surface area (Å²) in [6.45, 7) is 36.7. The minimum atomic E-state index is 0.285. The van der Waals surface area contributed by atoms with Crippen molar-refractivity contribution in [3.05, 3.63) is 436 Å². The molecule has 17 aromatic rings. The van der Waals surface area contributed by atoms with Crippen LogP contribution in [0.25, 0.3) is 88.6 Å². The van der Waals surface area contributed by atoms with Crippen molar-refractivity contribution < 1.29 is 0 Å². The van der Waals surface area contributed by atoms with Crippen molar-refractivity contribution in [1.29, 1.82) is 0 Å². The van der Waals surface area contributed by atoms with Crippen LogP contribution in [0.15, 0.2) is 358 Å². The maximum Gasteiger partial charge on any atom is 0.140 e. The van der Waals surface area contributed by atoms with E-state index in [2.05, 4.69) is 467 Å². The summed E-state index contributed by atoms with van der Waals surface area (Å²) in [7, 11) is 0. The minimum Gasteiger partial charge on any atom is -0.294 e. The van der Waals surface area contributed by atoms with Crippen LogP contribution in [0.2, 0.25) is 0 Å². The molecule has 0 aliphatic carbocycles. The molecule has 0 N–H and O–H groups in total. The molecule has 558 valence electrons. The summed E-state index contributed by atoms with van der Waals surface area (Å²) >= 11 is 0. The van der Waals surface area contributed by atoms with E-state index in [9.17, 15) is 0 Å². The van der Waals surface area contributed by atoms with Crippen LogP contribution in [0, 0.1) is 83.1 Å². The van der Waals surface area contributed by atoms with Crippen LogP contribution >= 0.6 is 0 Å².